The topological polar surface area (TPSA) is 66.8 Å². The summed E-state index contributed by atoms with van der Waals surface area (Å²) in [4.78, 5) is 24.7. The quantitative estimate of drug-likeness (QED) is 0.837. The molecule has 7 heteroatoms. The number of halogens is 2. The number of amides is 1. The van der Waals surface area contributed by atoms with Crippen LogP contribution in [0.25, 0.3) is 0 Å². The van der Waals surface area contributed by atoms with Gasteiger partial charge in [-0.25, -0.2) is 4.79 Å². The largest absolute Gasteiger partial charge is 0.479 e. The number of carboxylic acids is 1. The summed E-state index contributed by atoms with van der Waals surface area (Å²) in [5.41, 5.74) is 0.507. The van der Waals surface area contributed by atoms with E-state index in [0.29, 0.717) is 12.1 Å². The second kappa shape index (κ2) is 6.02. The van der Waals surface area contributed by atoms with Gasteiger partial charge in [-0.2, -0.15) is 0 Å². The molecule has 102 valence electrons. The number of benzene rings is 1. The van der Waals surface area contributed by atoms with Gasteiger partial charge >= 0.3 is 5.97 Å². The monoisotopic (exact) mass is 391 g/mol. The number of carboxylic acid groups (broad SMARTS) is 1. The fourth-order valence-corrected chi connectivity index (χ4v) is 3.14. The maximum absolute atomic E-state index is 12.3. The van der Waals surface area contributed by atoms with Crippen molar-refractivity contribution in [1.29, 1.82) is 0 Å². The second-order valence-electron chi connectivity index (χ2n) is 4.11. The summed E-state index contributed by atoms with van der Waals surface area (Å²) in [6, 6.07) is 5.24. The molecule has 1 heterocycles. The first-order chi connectivity index (χ1) is 8.97. The fourth-order valence-electron chi connectivity index (χ4n) is 1.84. The highest BCUT2D eigenvalue weighted by Crippen LogP contribution is 2.21. The molecule has 1 aliphatic rings. The Kier molecular flexibility index (Phi) is 4.59. The normalized spacial score (nSPS) is 19.3. The van der Waals surface area contributed by atoms with Crippen LogP contribution in [-0.4, -0.2) is 47.7 Å². The third-order valence-corrected chi connectivity index (χ3v) is 3.65. The van der Waals surface area contributed by atoms with Gasteiger partial charge in [0.05, 0.1) is 13.2 Å². The van der Waals surface area contributed by atoms with Crippen LogP contribution in [0.5, 0.6) is 0 Å². The summed E-state index contributed by atoms with van der Waals surface area (Å²) < 4.78 is 6.66. The molecule has 1 fully saturated rings. The van der Waals surface area contributed by atoms with Crippen molar-refractivity contribution in [2.24, 2.45) is 0 Å². The Morgan fingerprint density at radius 3 is 2.47 bits per heavy atom. The number of morpholine rings is 1. The fraction of sp³-hybridized carbons (Fsp3) is 0.333. The molecule has 1 aromatic carbocycles. The van der Waals surface area contributed by atoms with Crippen LogP contribution in [-0.2, 0) is 9.53 Å². The van der Waals surface area contributed by atoms with Crippen molar-refractivity contribution < 1.29 is 19.4 Å². The Morgan fingerprint density at radius 2 is 1.89 bits per heavy atom. The molecule has 1 saturated heterocycles. The molecule has 1 aromatic rings. The standard InChI is InChI=1S/C12H11Br2NO4/c13-8-3-7(4-9(14)5-8)11(16)15-1-2-19-10(6-15)12(17)18/h3-5,10H,1-2,6H2,(H,17,18). The van der Waals surface area contributed by atoms with Crippen LogP contribution in [0.3, 0.4) is 0 Å². The van der Waals surface area contributed by atoms with Crippen LogP contribution in [0.1, 0.15) is 10.4 Å². The van der Waals surface area contributed by atoms with Gasteiger partial charge in [0, 0.05) is 21.1 Å². The molecule has 0 bridgehead atoms. The lowest BCUT2D eigenvalue weighted by Gasteiger charge is -2.31. The number of hydrogen-bond donors (Lipinski definition) is 1. The van der Waals surface area contributed by atoms with Crippen LogP contribution in [0.2, 0.25) is 0 Å². The van der Waals surface area contributed by atoms with Crippen molar-refractivity contribution >= 4 is 43.7 Å². The van der Waals surface area contributed by atoms with E-state index < -0.39 is 12.1 Å². The van der Waals surface area contributed by atoms with Crippen molar-refractivity contribution in [3.63, 3.8) is 0 Å². The lowest BCUT2D eigenvalue weighted by molar-refractivity contribution is -0.154. The molecule has 1 atom stereocenters. The zero-order chi connectivity index (χ0) is 14.0. The lowest BCUT2D eigenvalue weighted by atomic mass is 10.1. The van der Waals surface area contributed by atoms with Crippen LogP contribution < -0.4 is 0 Å². The number of nitrogens with zero attached hydrogens (tertiary/aromatic N) is 1. The van der Waals surface area contributed by atoms with E-state index in [4.69, 9.17) is 9.84 Å². The van der Waals surface area contributed by atoms with Gasteiger partial charge in [0.25, 0.3) is 5.91 Å². The summed E-state index contributed by atoms with van der Waals surface area (Å²) >= 11 is 6.64. The lowest BCUT2D eigenvalue weighted by Crippen LogP contribution is -2.48. The van der Waals surface area contributed by atoms with Crippen LogP contribution in [0, 0.1) is 0 Å². The number of carbonyl (C=O) groups is 2. The molecule has 1 aliphatic heterocycles. The number of rotatable bonds is 2. The van der Waals surface area contributed by atoms with Crippen molar-refractivity contribution in [2.75, 3.05) is 19.7 Å². The van der Waals surface area contributed by atoms with Gasteiger partial charge < -0.3 is 14.7 Å². The van der Waals surface area contributed by atoms with E-state index >= 15 is 0 Å². The van der Waals surface area contributed by atoms with Gasteiger partial charge in [-0.3, -0.25) is 4.79 Å². The molecule has 2 rings (SSSR count). The summed E-state index contributed by atoms with van der Waals surface area (Å²) in [6.45, 7) is 0.697. The van der Waals surface area contributed by atoms with E-state index in [2.05, 4.69) is 31.9 Å². The van der Waals surface area contributed by atoms with E-state index in [0.717, 1.165) is 8.95 Å². The number of ether oxygens (including phenoxy) is 1. The van der Waals surface area contributed by atoms with E-state index in [1.54, 1.807) is 12.1 Å². The van der Waals surface area contributed by atoms with Gasteiger partial charge in [0.15, 0.2) is 6.10 Å². The predicted molar refractivity (Wildman–Crippen MR) is 75.1 cm³/mol. The number of hydrogen-bond acceptors (Lipinski definition) is 3. The Balaban J connectivity index is 2.16. The van der Waals surface area contributed by atoms with Crippen molar-refractivity contribution in [3.05, 3.63) is 32.7 Å². The van der Waals surface area contributed by atoms with Gasteiger partial charge in [-0.1, -0.05) is 31.9 Å². The van der Waals surface area contributed by atoms with Crippen LogP contribution in [0.15, 0.2) is 27.1 Å². The molecule has 1 unspecified atom stereocenters. The molecular weight excluding hydrogens is 382 g/mol. The highest BCUT2D eigenvalue weighted by Gasteiger charge is 2.29. The molecule has 5 nitrogen and oxygen atoms in total. The first-order valence-corrected chi connectivity index (χ1v) is 7.16. The van der Waals surface area contributed by atoms with Crippen molar-refractivity contribution in [1.82, 2.24) is 4.90 Å². The molecule has 0 saturated carbocycles. The molecule has 19 heavy (non-hydrogen) atoms. The summed E-state index contributed by atoms with van der Waals surface area (Å²) in [7, 11) is 0. The summed E-state index contributed by atoms with van der Waals surface area (Å²) in [5, 5.41) is 8.92. The molecular formula is C12H11Br2NO4. The van der Waals surface area contributed by atoms with Crippen LogP contribution >= 0.6 is 31.9 Å². The van der Waals surface area contributed by atoms with Gasteiger partial charge in [0.2, 0.25) is 0 Å². The Labute approximate surface area is 126 Å². The van der Waals surface area contributed by atoms with E-state index in [1.807, 2.05) is 6.07 Å². The molecule has 0 aliphatic carbocycles. The van der Waals surface area contributed by atoms with Crippen molar-refractivity contribution in [2.45, 2.75) is 6.10 Å². The number of carbonyl (C=O) groups excluding carboxylic acids is 1. The maximum Gasteiger partial charge on any atom is 0.334 e. The third kappa shape index (κ3) is 3.55. The van der Waals surface area contributed by atoms with Gasteiger partial charge in [0.1, 0.15) is 0 Å². The predicted octanol–water partition coefficient (Wildman–Crippen LogP) is 2.14. The second-order valence-corrected chi connectivity index (χ2v) is 5.94. The SMILES string of the molecule is O=C(O)C1CN(C(=O)c2cc(Br)cc(Br)c2)CCO1. The minimum atomic E-state index is -1.05. The van der Waals surface area contributed by atoms with Crippen molar-refractivity contribution in [3.8, 4) is 0 Å². The molecule has 1 N–H and O–H groups in total. The van der Waals surface area contributed by atoms with E-state index in [-0.39, 0.29) is 19.1 Å². The van der Waals surface area contributed by atoms with Gasteiger partial charge in [-0.15, -0.1) is 0 Å². The molecule has 0 spiro atoms. The Bertz CT molecular complexity index is 500. The third-order valence-electron chi connectivity index (χ3n) is 2.74. The summed E-state index contributed by atoms with van der Waals surface area (Å²) in [6.07, 6.45) is -0.951. The number of aliphatic carboxylic acids is 1. The first kappa shape index (κ1) is 14.5. The minimum absolute atomic E-state index is 0.0678. The molecule has 0 aromatic heterocycles. The Morgan fingerprint density at radius 1 is 1.26 bits per heavy atom. The highest BCUT2D eigenvalue weighted by atomic mass is 79.9. The van der Waals surface area contributed by atoms with Gasteiger partial charge in [-0.05, 0) is 18.2 Å². The minimum Gasteiger partial charge on any atom is -0.479 e. The zero-order valence-electron chi connectivity index (χ0n) is 9.81. The smallest absolute Gasteiger partial charge is 0.334 e. The average molecular weight is 393 g/mol. The maximum atomic E-state index is 12.3. The van der Waals surface area contributed by atoms with Crippen LogP contribution in [0.4, 0.5) is 0 Å². The Hall–Kier alpha value is -0.920. The molecule has 1 amide bonds. The average Bonchev–Trinajstić information content (AvgIpc) is 2.37. The summed E-state index contributed by atoms with van der Waals surface area (Å²) in [5.74, 6) is -1.25. The van der Waals surface area contributed by atoms with E-state index in [9.17, 15) is 9.59 Å². The zero-order valence-corrected chi connectivity index (χ0v) is 13.0. The highest BCUT2D eigenvalue weighted by molar-refractivity contribution is 9.11. The first-order valence-electron chi connectivity index (χ1n) is 5.57. The molecule has 0 radical (unpaired) electrons. The van der Waals surface area contributed by atoms with E-state index in [1.165, 1.54) is 4.90 Å².